The van der Waals surface area contributed by atoms with E-state index < -0.39 is 5.97 Å². The van der Waals surface area contributed by atoms with E-state index >= 15 is 0 Å². The average molecular weight is 855 g/mol. The van der Waals surface area contributed by atoms with E-state index in [9.17, 15) is 19.2 Å². The number of carbonyl (C=O) groups is 4. The van der Waals surface area contributed by atoms with Crippen LogP contribution in [0, 0.1) is 5.92 Å². The lowest BCUT2D eigenvalue weighted by Crippen LogP contribution is -2.29. The minimum Gasteiger partial charge on any atom is -0.494 e. The molecule has 1 aliphatic rings. The van der Waals surface area contributed by atoms with Crippen LogP contribution < -0.4 is 14.2 Å². The summed E-state index contributed by atoms with van der Waals surface area (Å²) >= 11 is 0. The first-order valence-electron chi connectivity index (χ1n) is 23.3. The Bertz CT molecular complexity index is 1790. The van der Waals surface area contributed by atoms with Gasteiger partial charge in [0.15, 0.2) is 0 Å². The van der Waals surface area contributed by atoms with Gasteiger partial charge in [-0.2, -0.15) is 0 Å². The van der Waals surface area contributed by atoms with Crippen molar-refractivity contribution in [3.05, 3.63) is 91.5 Å². The van der Waals surface area contributed by atoms with Gasteiger partial charge in [-0.3, -0.25) is 4.79 Å². The van der Waals surface area contributed by atoms with Gasteiger partial charge in [0.1, 0.15) is 17.2 Å². The number of ether oxygens (including phenoxy) is 6. The molecule has 10 nitrogen and oxygen atoms in total. The number of benzene rings is 3. The van der Waals surface area contributed by atoms with E-state index in [4.69, 9.17) is 28.4 Å². The standard InChI is InChI=1S/C52H70O10/c1-3-49(53)59-39-23-17-13-9-5-7-11-15-21-37-57-43-31-27-41(28-32-43)51(55)61-47-35-36-48(46-26-20-19-25-45(46)47)62-52(56)42-29-33-44(34-30-42)58-38-22-16-12-8-6-10-14-18-24-40-60-50(54)4-2/h3-4,19-20,25-28,31-32,35-36,42,44H,1-2,5-18,21-24,29-30,33-34,37-40H2. The lowest BCUT2D eigenvalue weighted by atomic mass is 9.87. The lowest BCUT2D eigenvalue weighted by molar-refractivity contribution is -0.141. The molecule has 0 spiro atoms. The predicted molar refractivity (Wildman–Crippen MR) is 244 cm³/mol. The Morgan fingerprint density at radius 3 is 1.42 bits per heavy atom. The van der Waals surface area contributed by atoms with E-state index in [2.05, 4.69) is 13.2 Å². The van der Waals surface area contributed by atoms with E-state index in [1.807, 2.05) is 24.3 Å². The molecular formula is C52H70O10. The molecule has 0 atom stereocenters. The Morgan fingerprint density at radius 2 is 0.935 bits per heavy atom. The fraction of sp³-hybridized carbons (Fsp3) is 0.538. The Morgan fingerprint density at radius 1 is 0.500 bits per heavy atom. The normalized spacial score (nSPS) is 14.8. The number of hydrogen-bond donors (Lipinski definition) is 0. The minimum absolute atomic E-state index is 0.179. The van der Waals surface area contributed by atoms with Crippen LogP contribution in [-0.4, -0.2) is 56.4 Å². The summed E-state index contributed by atoms with van der Waals surface area (Å²) in [7, 11) is 0. The summed E-state index contributed by atoms with van der Waals surface area (Å²) in [6.07, 6.45) is 26.0. The van der Waals surface area contributed by atoms with Crippen molar-refractivity contribution in [1.29, 1.82) is 0 Å². The van der Waals surface area contributed by atoms with Gasteiger partial charge >= 0.3 is 23.9 Å². The van der Waals surface area contributed by atoms with Gasteiger partial charge in [-0.15, -0.1) is 0 Å². The largest absolute Gasteiger partial charge is 0.494 e. The first kappa shape index (κ1) is 49.7. The molecule has 1 fully saturated rings. The van der Waals surface area contributed by atoms with Gasteiger partial charge < -0.3 is 28.4 Å². The Labute approximate surface area is 369 Å². The monoisotopic (exact) mass is 854 g/mol. The van der Waals surface area contributed by atoms with Crippen LogP contribution in [0.15, 0.2) is 86.0 Å². The van der Waals surface area contributed by atoms with Crippen molar-refractivity contribution in [3.63, 3.8) is 0 Å². The van der Waals surface area contributed by atoms with Crippen LogP contribution in [0.2, 0.25) is 0 Å². The highest BCUT2D eigenvalue weighted by atomic mass is 16.5. The van der Waals surface area contributed by atoms with Crippen LogP contribution in [0.3, 0.4) is 0 Å². The molecule has 1 aliphatic carbocycles. The molecule has 3 aromatic rings. The maximum atomic E-state index is 13.3. The molecule has 0 heterocycles. The van der Waals surface area contributed by atoms with Crippen molar-refractivity contribution in [2.45, 2.75) is 147 Å². The Kier molecular flexibility index (Phi) is 24.2. The second-order valence-electron chi connectivity index (χ2n) is 16.2. The third-order valence-corrected chi connectivity index (χ3v) is 11.4. The first-order chi connectivity index (χ1) is 30.4. The van der Waals surface area contributed by atoms with Crippen LogP contribution in [0.5, 0.6) is 17.2 Å². The van der Waals surface area contributed by atoms with Crippen LogP contribution >= 0.6 is 0 Å². The summed E-state index contributed by atoms with van der Waals surface area (Å²) in [6, 6.07) is 17.9. The second-order valence-corrected chi connectivity index (χ2v) is 16.2. The zero-order valence-corrected chi connectivity index (χ0v) is 37.0. The second kappa shape index (κ2) is 30.1. The van der Waals surface area contributed by atoms with E-state index in [0.29, 0.717) is 53.4 Å². The SMILES string of the molecule is C=CC(=O)OCCCCCCCCCCCOc1ccc(C(=O)Oc2ccc(OC(=O)C3CCC(OCCCCCCCCCCCOC(=O)C=C)CC3)c3ccccc23)cc1. The molecule has 0 saturated heterocycles. The van der Waals surface area contributed by atoms with Crippen molar-refractivity contribution in [1.82, 2.24) is 0 Å². The molecule has 0 radical (unpaired) electrons. The van der Waals surface area contributed by atoms with Crippen molar-refractivity contribution in [2.24, 2.45) is 5.92 Å². The molecule has 0 unspecified atom stereocenters. The zero-order chi connectivity index (χ0) is 44.0. The number of esters is 4. The number of unbranched alkanes of at least 4 members (excludes halogenated alkanes) is 16. The summed E-state index contributed by atoms with van der Waals surface area (Å²) in [5, 5.41) is 1.39. The van der Waals surface area contributed by atoms with Gasteiger partial charge in [0.05, 0.1) is 37.4 Å². The number of fused-ring (bicyclic) bond motifs is 1. The smallest absolute Gasteiger partial charge is 0.343 e. The quantitative estimate of drug-likeness (QED) is 0.0259. The predicted octanol–water partition coefficient (Wildman–Crippen LogP) is 12.4. The zero-order valence-electron chi connectivity index (χ0n) is 37.0. The lowest BCUT2D eigenvalue weighted by Gasteiger charge is -2.27. The highest BCUT2D eigenvalue weighted by Crippen LogP contribution is 2.35. The number of hydrogen-bond acceptors (Lipinski definition) is 10. The molecular weight excluding hydrogens is 785 g/mol. The Balaban J connectivity index is 1.07. The molecule has 1 saturated carbocycles. The minimum atomic E-state index is -0.480. The van der Waals surface area contributed by atoms with Crippen LogP contribution in [0.4, 0.5) is 0 Å². The van der Waals surface area contributed by atoms with Crippen LogP contribution in [0.1, 0.15) is 152 Å². The van der Waals surface area contributed by atoms with E-state index in [0.717, 1.165) is 83.7 Å². The fourth-order valence-corrected chi connectivity index (χ4v) is 7.71. The maximum absolute atomic E-state index is 13.3. The van der Waals surface area contributed by atoms with Crippen LogP contribution in [-0.2, 0) is 28.6 Å². The molecule has 4 rings (SSSR count). The van der Waals surface area contributed by atoms with Crippen molar-refractivity contribution < 1.29 is 47.6 Å². The molecule has 0 bridgehead atoms. The number of rotatable bonds is 32. The maximum Gasteiger partial charge on any atom is 0.343 e. The third-order valence-electron chi connectivity index (χ3n) is 11.4. The topological polar surface area (TPSA) is 124 Å². The van der Waals surface area contributed by atoms with Crippen molar-refractivity contribution in [3.8, 4) is 17.2 Å². The first-order valence-corrected chi connectivity index (χ1v) is 23.3. The summed E-state index contributed by atoms with van der Waals surface area (Å²) in [5.74, 6) is -0.0319. The van der Waals surface area contributed by atoms with Crippen molar-refractivity contribution in [2.75, 3.05) is 26.4 Å². The molecule has 0 aliphatic heterocycles. The molecule has 3 aromatic carbocycles. The summed E-state index contributed by atoms with van der Waals surface area (Å²) in [4.78, 5) is 48.6. The molecule has 62 heavy (non-hydrogen) atoms. The van der Waals surface area contributed by atoms with Crippen LogP contribution in [0.25, 0.3) is 10.8 Å². The van der Waals surface area contributed by atoms with Gasteiger partial charge in [-0.25, -0.2) is 14.4 Å². The molecule has 338 valence electrons. The van der Waals surface area contributed by atoms with E-state index in [-0.39, 0.29) is 29.9 Å². The summed E-state index contributed by atoms with van der Waals surface area (Å²) in [5.41, 5.74) is 0.413. The van der Waals surface area contributed by atoms with E-state index in [1.54, 1.807) is 36.4 Å². The molecule has 0 aromatic heterocycles. The highest BCUT2D eigenvalue weighted by Gasteiger charge is 2.29. The van der Waals surface area contributed by atoms with Gasteiger partial charge in [-0.1, -0.05) is 127 Å². The van der Waals surface area contributed by atoms with Gasteiger partial charge in [0, 0.05) is 29.5 Å². The van der Waals surface area contributed by atoms with E-state index in [1.165, 1.54) is 76.4 Å². The number of carbonyl (C=O) groups excluding carboxylic acids is 4. The van der Waals surface area contributed by atoms with Gasteiger partial charge in [-0.05, 0) is 87.8 Å². The third kappa shape index (κ3) is 19.4. The van der Waals surface area contributed by atoms with Crippen molar-refractivity contribution >= 4 is 34.6 Å². The molecule has 0 N–H and O–H groups in total. The fourth-order valence-electron chi connectivity index (χ4n) is 7.71. The highest BCUT2D eigenvalue weighted by molar-refractivity contribution is 5.98. The summed E-state index contributed by atoms with van der Waals surface area (Å²) < 4.78 is 33.9. The van der Waals surface area contributed by atoms with Gasteiger partial charge in [0.2, 0.25) is 0 Å². The average Bonchev–Trinajstić information content (AvgIpc) is 3.30. The summed E-state index contributed by atoms with van der Waals surface area (Å²) in [6.45, 7) is 9.13. The Hall–Kier alpha value is -4.96. The molecule has 0 amide bonds. The molecule has 10 heteroatoms. The van der Waals surface area contributed by atoms with Gasteiger partial charge in [0.25, 0.3) is 0 Å².